The van der Waals surface area contributed by atoms with Gasteiger partial charge in [-0.15, -0.1) is 0 Å². The van der Waals surface area contributed by atoms with Crippen LogP contribution in [-0.4, -0.2) is 30.3 Å². The summed E-state index contributed by atoms with van der Waals surface area (Å²) in [6.45, 7) is 1.97. The number of aromatic nitrogens is 5. The van der Waals surface area contributed by atoms with E-state index in [4.69, 9.17) is 0 Å². The third-order valence-electron chi connectivity index (χ3n) is 4.05. The van der Waals surface area contributed by atoms with Crippen molar-refractivity contribution < 1.29 is 4.79 Å². The van der Waals surface area contributed by atoms with E-state index < -0.39 is 0 Å². The molecule has 0 saturated heterocycles. The summed E-state index contributed by atoms with van der Waals surface area (Å²) in [5, 5.41) is 9.68. The molecule has 0 spiro atoms. The lowest BCUT2D eigenvalue weighted by Crippen LogP contribution is -2.16. The number of aromatic amines is 1. The molecule has 0 aliphatic rings. The number of rotatable bonds is 3. The Morgan fingerprint density at radius 2 is 2.00 bits per heavy atom. The topological polar surface area (TPSA) is 97.1 Å². The Labute approximate surface area is 148 Å². The maximum Gasteiger partial charge on any atom is 0.273 e. The van der Waals surface area contributed by atoms with Crippen molar-refractivity contribution in [2.75, 3.05) is 5.32 Å². The van der Waals surface area contributed by atoms with Gasteiger partial charge < -0.3 is 5.32 Å². The summed E-state index contributed by atoms with van der Waals surface area (Å²) in [6.07, 6.45) is 4.86. The molecule has 2 N–H and O–H groups in total. The third-order valence-corrected chi connectivity index (χ3v) is 4.05. The Balaban J connectivity index is 1.75. The highest BCUT2D eigenvalue weighted by Gasteiger charge is 2.16. The van der Waals surface area contributed by atoms with Gasteiger partial charge in [0, 0.05) is 36.8 Å². The van der Waals surface area contributed by atoms with Crippen molar-refractivity contribution in [3.8, 4) is 11.3 Å². The third kappa shape index (κ3) is 2.77. The number of fused-ring (bicyclic) bond motifs is 1. The normalized spacial score (nSPS) is 11.0. The van der Waals surface area contributed by atoms with Gasteiger partial charge in [-0.1, -0.05) is 17.7 Å². The summed E-state index contributed by atoms with van der Waals surface area (Å²) in [5.74, 6) is -0.345. The SMILES string of the molecule is Cc1ccc(NC(=O)c2c[nH]n3c(=O)cc(-c4cnn(C)c4)nc23)cc1. The van der Waals surface area contributed by atoms with E-state index in [9.17, 15) is 9.59 Å². The van der Waals surface area contributed by atoms with Crippen LogP contribution in [0.2, 0.25) is 0 Å². The van der Waals surface area contributed by atoms with Crippen LogP contribution >= 0.6 is 0 Å². The smallest absolute Gasteiger partial charge is 0.273 e. The summed E-state index contributed by atoms with van der Waals surface area (Å²) in [7, 11) is 1.78. The first-order valence-corrected chi connectivity index (χ1v) is 7.99. The van der Waals surface area contributed by atoms with E-state index >= 15 is 0 Å². The molecule has 0 aliphatic carbocycles. The van der Waals surface area contributed by atoms with Crippen molar-refractivity contribution in [2.45, 2.75) is 6.92 Å². The molecular weight excluding hydrogens is 332 g/mol. The van der Waals surface area contributed by atoms with E-state index in [0.717, 1.165) is 5.56 Å². The highest BCUT2D eigenvalue weighted by atomic mass is 16.2. The molecule has 0 unspecified atom stereocenters. The van der Waals surface area contributed by atoms with Gasteiger partial charge in [0.2, 0.25) is 0 Å². The minimum atomic E-state index is -0.345. The lowest BCUT2D eigenvalue weighted by molar-refractivity contribution is 0.102. The van der Waals surface area contributed by atoms with Crippen LogP contribution in [-0.2, 0) is 7.05 Å². The molecule has 0 aliphatic heterocycles. The number of anilines is 1. The number of carbonyl (C=O) groups excluding carboxylic acids is 1. The van der Waals surface area contributed by atoms with E-state index in [1.807, 2.05) is 31.2 Å². The number of H-pyrrole nitrogens is 1. The first kappa shape index (κ1) is 15.8. The number of carbonyl (C=O) groups is 1. The second-order valence-electron chi connectivity index (χ2n) is 6.05. The van der Waals surface area contributed by atoms with Crippen molar-refractivity contribution in [3.05, 3.63) is 70.4 Å². The van der Waals surface area contributed by atoms with Gasteiger partial charge in [-0.3, -0.25) is 19.4 Å². The molecule has 0 saturated carbocycles. The molecular formula is C18H16N6O2. The van der Waals surface area contributed by atoms with Gasteiger partial charge in [-0.2, -0.15) is 5.10 Å². The second-order valence-corrected chi connectivity index (χ2v) is 6.05. The molecule has 1 amide bonds. The van der Waals surface area contributed by atoms with Gasteiger partial charge in [0.05, 0.1) is 11.9 Å². The summed E-state index contributed by atoms with van der Waals surface area (Å²) in [6, 6.07) is 8.87. The Kier molecular flexibility index (Phi) is 3.65. The van der Waals surface area contributed by atoms with Crippen molar-refractivity contribution >= 4 is 17.2 Å². The Morgan fingerprint density at radius 3 is 2.69 bits per heavy atom. The molecule has 0 radical (unpaired) electrons. The van der Waals surface area contributed by atoms with E-state index in [0.29, 0.717) is 16.9 Å². The Morgan fingerprint density at radius 1 is 1.23 bits per heavy atom. The molecule has 26 heavy (non-hydrogen) atoms. The largest absolute Gasteiger partial charge is 0.322 e. The van der Waals surface area contributed by atoms with Crippen LogP contribution in [0.4, 0.5) is 5.69 Å². The molecule has 8 heteroatoms. The first-order chi connectivity index (χ1) is 12.5. The van der Waals surface area contributed by atoms with Gasteiger partial charge in [-0.05, 0) is 19.1 Å². The molecule has 3 heterocycles. The average Bonchev–Trinajstić information content (AvgIpc) is 3.23. The van der Waals surface area contributed by atoms with Crippen LogP contribution in [0.3, 0.4) is 0 Å². The lowest BCUT2D eigenvalue weighted by atomic mass is 10.2. The zero-order valence-corrected chi connectivity index (χ0v) is 14.2. The maximum absolute atomic E-state index is 12.6. The molecule has 4 rings (SSSR count). The van der Waals surface area contributed by atoms with Crippen LogP contribution in [0.15, 0.2) is 53.7 Å². The molecule has 0 atom stereocenters. The summed E-state index contributed by atoms with van der Waals surface area (Å²) in [5.41, 5.74) is 3.19. The fraction of sp³-hybridized carbons (Fsp3) is 0.111. The molecule has 0 bridgehead atoms. The van der Waals surface area contributed by atoms with E-state index in [2.05, 4.69) is 20.5 Å². The van der Waals surface area contributed by atoms with Crippen LogP contribution in [0.5, 0.6) is 0 Å². The standard InChI is InChI=1S/C18H16N6O2/c1-11-3-5-13(6-4-11)21-18(26)14-9-20-24-16(25)7-15(22-17(14)24)12-8-19-23(2)10-12/h3-10,20H,1-2H3,(H,21,26). The summed E-state index contributed by atoms with van der Waals surface area (Å²) < 4.78 is 2.87. The van der Waals surface area contributed by atoms with Crippen LogP contribution in [0.1, 0.15) is 15.9 Å². The number of amides is 1. The number of nitrogens with zero attached hydrogens (tertiary/aromatic N) is 4. The molecule has 1 aromatic carbocycles. The summed E-state index contributed by atoms with van der Waals surface area (Å²) in [4.78, 5) is 29.5. The minimum Gasteiger partial charge on any atom is -0.322 e. The number of nitrogens with one attached hydrogen (secondary N) is 2. The van der Waals surface area contributed by atoms with Gasteiger partial charge >= 0.3 is 0 Å². The van der Waals surface area contributed by atoms with Crippen molar-refractivity contribution in [3.63, 3.8) is 0 Å². The van der Waals surface area contributed by atoms with E-state index in [-0.39, 0.29) is 22.7 Å². The second kappa shape index (κ2) is 5.99. The summed E-state index contributed by atoms with van der Waals surface area (Å²) >= 11 is 0. The molecule has 0 fully saturated rings. The predicted molar refractivity (Wildman–Crippen MR) is 97.1 cm³/mol. The molecule has 8 nitrogen and oxygen atoms in total. The highest BCUT2D eigenvalue weighted by Crippen LogP contribution is 2.17. The van der Waals surface area contributed by atoms with E-state index in [1.165, 1.54) is 16.8 Å². The number of hydrogen-bond acceptors (Lipinski definition) is 4. The van der Waals surface area contributed by atoms with Crippen molar-refractivity contribution in [1.29, 1.82) is 0 Å². The highest BCUT2D eigenvalue weighted by molar-refractivity contribution is 6.08. The van der Waals surface area contributed by atoms with Crippen LogP contribution in [0.25, 0.3) is 16.9 Å². The number of hydrogen-bond donors (Lipinski definition) is 2. The number of benzene rings is 1. The van der Waals surface area contributed by atoms with E-state index in [1.54, 1.807) is 24.1 Å². The quantitative estimate of drug-likeness (QED) is 0.592. The fourth-order valence-corrected chi connectivity index (χ4v) is 2.69. The predicted octanol–water partition coefficient (Wildman–Crippen LogP) is 1.98. The molecule has 3 aromatic heterocycles. The van der Waals surface area contributed by atoms with Gasteiger partial charge in [0.15, 0.2) is 5.65 Å². The first-order valence-electron chi connectivity index (χ1n) is 7.99. The van der Waals surface area contributed by atoms with Gasteiger partial charge in [-0.25, -0.2) is 9.50 Å². The zero-order chi connectivity index (χ0) is 18.3. The Bertz CT molecular complexity index is 1170. The fourth-order valence-electron chi connectivity index (χ4n) is 2.69. The van der Waals surface area contributed by atoms with Crippen LogP contribution in [0, 0.1) is 6.92 Å². The maximum atomic E-state index is 12.6. The Hall–Kier alpha value is -3.68. The monoisotopic (exact) mass is 348 g/mol. The van der Waals surface area contributed by atoms with Gasteiger partial charge in [0.25, 0.3) is 11.5 Å². The molecule has 4 aromatic rings. The number of aryl methyl sites for hydroxylation is 2. The average molecular weight is 348 g/mol. The minimum absolute atomic E-state index is 0.265. The lowest BCUT2D eigenvalue weighted by Gasteiger charge is -2.04. The van der Waals surface area contributed by atoms with Crippen LogP contribution < -0.4 is 10.9 Å². The molecule has 130 valence electrons. The van der Waals surface area contributed by atoms with Gasteiger partial charge in [0.1, 0.15) is 5.56 Å². The zero-order valence-electron chi connectivity index (χ0n) is 14.2. The van der Waals surface area contributed by atoms with Crippen molar-refractivity contribution in [1.82, 2.24) is 24.4 Å². The van der Waals surface area contributed by atoms with Crippen molar-refractivity contribution in [2.24, 2.45) is 7.05 Å².